The summed E-state index contributed by atoms with van der Waals surface area (Å²) in [6.45, 7) is 1.59. The summed E-state index contributed by atoms with van der Waals surface area (Å²) in [5.74, 6) is 0.368. The lowest BCUT2D eigenvalue weighted by molar-refractivity contribution is -0.127. The number of rotatable bonds is 4. The fourth-order valence-corrected chi connectivity index (χ4v) is 3.19. The van der Waals surface area contributed by atoms with Gasteiger partial charge in [-0.1, -0.05) is 42.5 Å². The number of carbonyl (C=O) groups is 1. The minimum Gasteiger partial charge on any atom is -0.339 e. The smallest absolute Gasteiger partial charge is 0.246 e. The van der Waals surface area contributed by atoms with Crippen LogP contribution in [0.3, 0.4) is 0 Å². The Bertz CT molecular complexity index is 703. The van der Waals surface area contributed by atoms with Crippen molar-refractivity contribution in [3.8, 4) is 0 Å². The topological polar surface area (TPSA) is 20.3 Å². The van der Waals surface area contributed by atoms with Gasteiger partial charge in [-0.05, 0) is 54.5 Å². The maximum atomic E-state index is 13.1. The molecule has 24 heavy (non-hydrogen) atoms. The number of hydrogen-bond donors (Lipinski definition) is 0. The molecule has 124 valence electrons. The van der Waals surface area contributed by atoms with E-state index in [0.717, 1.165) is 32.4 Å². The predicted octanol–water partition coefficient (Wildman–Crippen LogP) is 4.32. The maximum Gasteiger partial charge on any atom is 0.246 e. The summed E-state index contributed by atoms with van der Waals surface area (Å²) < 4.78 is 13.1. The molecule has 1 fully saturated rings. The highest BCUT2D eigenvalue weighted by Crippen LogP contribution is 2.22. The van der Waals surface area contributed by atoms with Crippen molar-refractivity contribution in [2.45, 2.75) is 19.3 Å². The van der Waals surface area contributed by atoms with E-state index >= 15 is 0 Å². The molecule has 1 saturated heterocycles. The Morgan fingerprint density at radius 1 is 1.08 bits per heavy atom. The summed E-state index contributed by atoms with van der Waals surface area (Å²) in [4.78, 5) is 14.2. The molecule has 0 aromatic heterocycles. The minimum absolute atomic E-state index is 0.0115. The number of nitrogens with zero attached hydrogens (tertiary/aromatic N) is 1. The van der Waals surface area contributed by atoms with Gasteiger partial charge in [0.25, 0.3) is 0 Å². The second-order valence-electron chi connectivity index (χ2n) is 6.35. The van der Waals surface area contributed by atoms with E-state index in [-0.39, 0.29) is 11.7 Å². The molecule has 0 unspecified atom stereocenters. The van der Waals surface area contributed by atoms with Crippen LogP contribution in [0.4, 0.5) is 4.39 Å². The molecule has 1 aliphatic heterocycles. The first kappa shape index (κ1) is 16.4. The van der Waals surface area contributed by atoms with Crippen molar-refractivity contribution in [2.75, 3.05) is 13.1 Å². The number of halogens is 1. The summed E-state index contributed by atoms with van der Waals surface area (Å²) >= 11 is 0. The Morgan fingerprint density at radius 3 is 2.54 bits per heavy atom. The van der Waals surface area contributed by atoms with E-state index < -0.39 is 0 Å². The number of carbonyl (C=O) groups excluding carboxylic acids is 1. The lowest BCUT2D eigenvalue weighted by Gasteiger charge is -2.31. The summed E-state index contributed by atoms with van der Waals surface area (Å²) in [5, 5.41) is 0. The number of amides is 1. The molecule has 1 aliphatic rings. The van der Waals surface area contributed by atoms with E-state index in [4.69, 9.17) is 0 Å². The van der Waals surface area contributed by atoms with Gasteiger partial charge in [-0.15, -0.1) is 0 Å². The van der Waals surface area contributed by atoms with Crippen LogP contribution >= 0.6 is 0 Å². The van der Waals surface area contributed by atoms with E-state index in [1.165, 1.54) is 17.7 Å². The molecule has 1 heterocycles. The summed E-state index contributed by atoms with van der Waals surface area (Å²) in [5.41, 5.74) is 2.08. The lowest BCUT2D eigenvalue weighted by Crippen LogP contribution is -2.37. The van der Waals surface area contributed by atoms with Crippen LogP contribution in [0.15, 0.2) is 60.7 Å². The van der Waals surface area contributed by atoms with Gasteiger partial charge in [-0.25, -0.2) is 4.39 Å². The molecule has 0 bridgehead atoms. The van der Waals surface area contributed by atoms with Crippen LogP contribution in [0.25, 0.3) is 6.08 Å². The van der Waals surface area contributed by atoms with Crippen LogP contribution < -0.4 is 0 Å². The molecule has 2 nitrogen and oxygen atoms in total. The minimum atomic E-state index is -0.286. The SMILES string of the molecule is O=C(/C=C/c1cccc(F)c1)N1CCC(Cc2ccccc2)CC1. The zero-order chi connectivity index (χ0) is 16.8. The third-order valence-electron chi connectivity index (χ3n) is 4.56. The average Bonchev–Trinajstić information content (AvgIpc) is 2.61. The van der Waals surface area contributed by atoms with Crippen LogP contribution in [0.2, 0.25) is 0 Å². The van der Waals surface area contributed by atoms with E-state index in [2.05, 4.69) is 24.3 Å². The highest BCUT2D eigenvalue weighted by Gasteiger charge is 2.21. The van der Waals surface area contributed by atoms with Crippen LogP contribution in [0.5, 0.6) is 0 Å². The number of benzene rings is 2. The van der Waals surface area contributed by atoms with Gasteiger partial charge >= 0.3 is 0 Å². The van der Waals surface area contributed by atoms with E-state index in [1.54, 1.807) is 24.3 Å². The zero-order valence-electron chi connectivity index (χ0n) is 13.7. The Morgan fingerprint density at radius 2 is 1.83 bits per heavy atom. The number of piperidine rings is 1. The Balaban J connectivity index is 1.50. The van der Waals surface area contributed by atoms with E-state index in [1.807, 2.05) is 11.0 Å². The van der Waals surface area contributed by atoms with Crippen molar-refractivity contribution < 1.29 is 9.18 Å². The van der Waals surface area contributed by atoms with Crippen LogP contribution in [-0.4, -0.2) is 23.9 Å². The quantitative estimate of drug-likeness (QED) is 0.767. The first-order valence-electron chi connectivity index (χ1n) is 8.47. The lowest BCUT2D eigenvalue weighted by atomic mass is 9.90. The van der Waals surface area contributed by atoms with E-state index in [0.29, 0.717) is 11.5 Å². The molecule has 1 amide bonds. The summed E-state index contributed by atoms with van der Waals surface area (Å²) in [6, 6.07) is 16.8. The normalized spacial score (nSPS) is 15.8. The molecule has 0 N–H and O–H groups in total. The molecule has 0 radical (unpaired) electrons. The fourth-order valence-electron chi connectivity index (χ4n) is 3.19. The standard InChI is InChI=1S/C21H22FNO/c22-20-8-4-7-18(16-20)9-10-21(24)23-13-11-19(12-14-23)15-17-5-2-1-3-6-17/h1-10,16,19H,11-15H2/b10-9+. The third-order valence-corrected chi connectivity index (χ3v) is 4.56. The number of likely N-dealkylation sites (tertiary alicyclic amines) is 1. The highest BCUT2D eigenvalue weighted by atomic mass is 19.1. The van der Waals surface area contributed by atoms with Gasteiger partial charge in [0, 0.05) is 19.2 Å². The van der Waals surface area contributed by atoms with Crippen molar-refractivity contribution in [1.82, 2.24) is 4.90 Å². The van der Waals surface area contributed by atoms with Crippen LogP contribution in [0, 0.1) is 11.7 Å². The van der Waals surface area contributed by atoms with Gasteiger partial charge in [0.1, 0.15) is 5.82 Å². The largest absolute Gasteiger partial charge is 0.339 e. The van der Waals surface area contributed by atoms with Crippen molar-refractivity contribution in [1.29, 1.82) is 0 Å². The third kappa shape index (κ3) is 4.54. The predicted molar refractivity (Wildman–Crippen MR) is 94.9 cm³/mol. The Kier molecular flexibility index (Phi) is 5.42. The van der Waals surface area contributed by atoms with Gasteiger partial charge in [0.15, 0.2) is 0 Å². The molecule has 3 heteroatoms. The maximum absolute atomic E-state index is 13.1. The first-order chi connectivity index (χ1) is 11.7. The van der Waals surface area contributed by atoms with Crippen LogP contribution in [0.1, 0.15) is 24.0 Å². The molecular weight excluding hydrogens is 301 g/mol. The second kappa shape index (κ2) is 7.91. The van der Waals surface area contributed by atoms with Gasteiger partial charge < -0.3 is 4.90 Å². The van der Waals surface area contributed by atoms with Crippen LogP contribution in [-0.2, 0) is 11.2 Å². The average molecular weight is 323 g/mol. The molecule has 0 saturated carbocycles. The van der Waals surface area contributed by atoms with Crippen molar-refractivity contribution in [3.05, 3.63) is 77.6 Å². The van der Waals surface area contributed by atoms with Crippen molar-refractivity contribution in [3.63, 3.8) is 0 Å². The monoisotopic (exact) mass is 323 g/mol. The van der Waals surface area contributed by atoms with Gasteiger partial charge in [-0.3, -0.25) is 4.79 Å². The van der Waals surface area contributed by atoms with Crippen molar-refractivity contribution in [2.24, 2.45) is 5.92 Å². The molecule has 0 atom stereocenters. The molecule has 3 rings (SSSR count). The highest BCUT2D eigenvalue weighted by molar-refractivity contribution is 5.91. The first-order valence-corrected chi connectivity index (χ1v) is 8.47. The summed E-state index contributed by atoms with van der Waals surface area (Å²) in [7, 11) is 0. The zero-order valence-corrected chi connectivity index (χ0v) is 13.7. The van der Waals surface area contributed by atoms with Gasteiger partial charge in [0.05, 0.1) is 0 Å². The molecule has 2 aromatic carbocycles. The second-order valence-corrected chi connectivity index (χ2v) is 6.35. The molecular formula is C21H22FNO. The summed E-state index contributed by atoms with van der Waals surface area (Å²) in [6.07, 6.45) is 6.39. The van der Waals surface area contributed by atoms with E-state index in [9.17, 15) is 9.18 Å². The number of hydrogen-bond acceptors (Lipinski definition) is 1. The van der Waals surface area contributed by atoms with Gasteiger partial charge in [0.2, 0.25) is 5.91 Å². The molecule has 0 spiro atoms. The molecule has 2 aromatic rings. The Labute approximate surface area is 142 Å². The van der Waals surface area contributed by atoms with Crippen molar-refractivity contribution >= 4 is 12.0 Å². The fraction of sp³-hybridized carbons (Fsp3) is 0.286. The Hall–Kier alpha value is -2.42. The van der Waals surface area contributed by atoms with Gasteiger partial charge in [-0.2, -0.15) is 0 Å². The molecule has 0 aliphatic carbocycles.